The number of anilines is 2. The third-order valence-corrected chi connectivity index (χ3v) is 4.71. The second-order valence-electron chi connectivity index (χ2n) is 6.51. The van der Waals surface area contributed by atoms with Crippen molar-refractivity contribution < 1.29 is 9.59 Å². The summed E-state index contributed by atoms with van der Waals surface area (Å²) in [6.45, 7) is 2.46. The van der Waals surface area contributed by atoms with Crippen LogP contribution >= 0.6 is 24.0 Å². The molecule has 1 aliphatic heterocycles. The van der Waals surface area contributed by atoms with Crippen LogP contribution in [0.1, 0.15) is 30.9 Å². The summed E-state index contributed by atoms with van der Waals surface area (Å²) in [6.07, 6.45) is 1.92. The van der Waals surface area contributed by atoms with E-state index < -0.39 is 6.04 Å². The number of benzene rings is 2. The summed E-state index contributed by atoms with van der Waals surface area (Å²) in [6, 6.07) is 12.5. The minimum Gasteiger partial charge on any atom is -0.325 e. The van der Waals surface area contributed by atoms with Crippen molar-refractivity contribution in [2.45, 2.75) is 38.8 Å². The standard InChI is InChI=1S/C20H22ClN3O2.ClH/c1-2-3-17(22)20(26)23-16-8-4-13(5-9-16)12-24-18-11-15(21)7-6-14(18)10-19(24)25;/h4-9,11,17H,2-3,10,12,22H2,1H3,(H,23,26);1H. The van der Waals surface area contributed by atoms with Gasteiger partial charge in [-0.05, 0) is 41.8 Å². The molecule has 1 heterocycles. The molecule has 5 nitrogen and oxygen atoms in total. The number of carbonyl (C=O) groups excluding carboxylic acids is 2. The highest BCUT2D eigenvalue weighted by Gasteiger charge is 2.27. The lowest BCUT2D eigenvalue weighted by Gasteiger charge is -2.18. The van der Waals surface area contributed by atoms with Crippen molar-refractivity contribution in [1.82, 2.24) is 0 Å². The first-order chi connectivity index (χ1) is 12.5. The third-order valence-electron chi connectivity index (χ3n) is 4.48. The Kier molecular flexibility index (Phi) is 7.25. The fourth-order valence-corrected chi connectivity index (χ4v) is 3.22. The maximum absolute atomic E-state index is 12.3. The molecule has 0 bridgehead atoms. The zero-order valence-electron chi connectivity index (χ0n) is 15.1. The summed E-state index contributed by atoms with van der Waals surface area (Å²) in [5, 5.41) is 3.43. The molecule has 0 aromatic heterocycles. The normalized spacial score (nSPS) is 13.7. The topological polar surface area (TPSA) is 75.4 Å². The van der Waals surface area contributed by atoms with E-state index in [9.17, 15) is 9.59 Å². The molecule has 0 fully saturated rings. The van der Waals surface area contributed by atoms with Crippen LogP contribution in [0.15, 0.2) is 42.5 Å². The molecule has 1 aliphatic rings. The smallest absolute Gasteiger partial charge is 0.241 e. The Labute approximate surface area is 170 Å². The van der Waals surface area contributed by atoms with Crippen molar-refractivity contribution in [3.05, 3.63) is 58.6 Å². The Morgan fingerprint density at radius 2 is 1.96 bits per heavy atom. The van der Waals surface area contributed by atoms with Gasteiger partial charge in [0, 0.05) is 16.4 Å². The Hall–Kier alpha value is -2.08. The lowest BCUT2D eigenvalue weighted by molar-refractivity contribution is -0.118. The SMILES string of the molecule is CCCC(N)C(=O)Nc1ccc(CN2C(=O)Cc3ccc(Cl)cc32)cc1.Cl. The minimum atomic E-state index is -0.497. The maximum atomic E-state index is 12.3. The fourth-order valence-electron chi connectivity index (χ4n) is 3.06. The molecule has 2 aromatic rings. The predicted octanol–water partition coefficient (Wildman–Crippen LogP) is 3.92. The summed E-state index contributed by atoms with van der Waals surface area (Å²) in [5.41, 5.74) is 9.35. The van der Waals surface area contributed by atoms with Crippen LogP contribution in [0.25, 0.3) is 0 Å². The van der Waals surface area contributed by atoms with Gasteiger partial charge < -0.3 is 16.0 Å². The number of halogens is 2. The van der Waals surface area contributed by atoms with E-state index in [1.54, 1.807) is 11.0 Å². The van der Waals surface area contributed by atoms with Crippen LogP contribution in [-0.4, -0.2) is 17.9 Å². The number of nitrogens with one attached hydrogen (secondary N) is 1. The van der Waals surface area contributed by atoms with Crippen LogP contribution in [0.4, 0.5) is 11.4 Å². The van der Waals surface area contributed by atoms with Crippen LogP contribution in [-0.2, 0) is 22.6 Å². The average molecular weight is 408 g/mol. The van der Waals surface area contributed by atoms with Gasteiger partial charge in [0.15, 0.2) is 0 Å². The van der Waals surface area contributed by atoms with E-state index in [0.29, 0.717) is 30.1 Å². The molecule has 144 valence electrons. The van der Waals surface area contributed by atoms with Crippen LogP contribution in [0, 0.1) is 0 Å². The summed E-state index contributed by atoms with van der Waals surface area (Å²) in [7, 11) is 0. The molecule has 0 radical (unpaired) electrons. The van der Waals surface area contributed by atoms with E-state index in [-0.39, 0.29) is 24.2 Å². The van der Waals surface area contributed by atoms with Gasteiger partial charge >= 0.3 is 0 Å². The van der Waals surface area contributed by atoms with Gasteiger partial charge in [0.2, 0.25) is 11.8 Å². The Bertz CT molecular complexity index is 824. The van der Waals surface area contributed by atoms with Gasteiger partial charge in [-0.15, -0.1) is 12.4 Å². The van der Waals surface area contributed by atoms with Gasteiger partial charge in [-0.2, -0.15) is 0 Å². The monoisotopic (exact) mass is 407 g/mol. The fraction of sp³-hybridized carbons (Fsp3) is 0.300. The Morgan fingerprint density at radius 1 is 1.26 bits per heavy atom. The van der Waals surface area contributed by atoms with Gasteiger partial charge in [0.25, 0.3) is 0 Å². The van der Waals surface area contributed by atoms with Crippen molar-refractivity contribution in [1.29, 1.82) is 0 Å². The number of hydrogen-bond donors (Lipinski definition) is 2. The van der Waals surface area contributed by atoms with E-state index in [1.807, 2.05) is 43.3 Å². The number of fused-ring (bicyclic) bond motifs is 1. The molecule has 27 heavy (non-hydrogen) atoms. The lowest BCUT2D eigenvalue weighted by Crippen LogP contribution is -2.35. The number of carbonyl (C=O) groups is 2. The summed E-state index contributed by atoms with van der Waals surface area (Å²) >= 11 is 6.07. The second kappa shape index (κ2) is 9.22. The van der Waals surface area contributed by atoms with Crippen molar-refractivity contribution in [3.63, 3.8) is 0 Å². The largest absolute Gasteiger partial charge is 0.325 e. The first-order valence-corrected chi connectivity index (χ1v) is 9.10. The van der Waals surface area contributed by atoms with Gasteiger partial charge in [-0.25, -0.2) is 0 Å². The van der Waals surface area contributed by atoms with E-state index in [1.165, 1.54) is 0 Å². The molecular weight excluding hydrogens is 385 g/mol. The number of nitrogens with zero attached hydrogens (tertiary/aromatic N) is 1. The molecule has 2 amide bonds. The van der Waals surface area contributed by atoms with Crippen molar-refractivity contribution in [3.8, 4) is 0 Å². The summed E-state index contributed by atoms with van der Waals surface area (Å²) < 4.78 is 0. The van der Waals surface area contributed by atoms with E-state index in [0.717, 1.165) is 23.2 Å². The van der Waals surface area contributed by atoms with Gasteiger partial charge in [0.1, 0.15) is 0 Å². The molecule has 3 rings (SSSR count). The number of amides is 2. The molecule has 0 saturated heterocycles. The maximum Gasteiger partial charge on any atom is 0.241 e. The van der Waals surface area contributed by atoms with Crippen LogP contribution in [0.2, 0.25) is 5.02 Å². The Morgan fingerprint density at radius 3 is 2.63 bits per heavy atom. The third kappa shape index (κ3) is 5.01. The number of nitrogens with two attached hydrogens (primary N) is 1. The highest BCUT2D eigenvalue weighted by molar-refractivity contribution is 6.31. The molecule has 0 saturated carbocycles. The van der Waals surface area contributed by atoms with Gasteiger partial charge in [-0.3, -0.25) is 9.59 Å². The predicted molar refractivity (Wildman–Crippen MR) is 112 cm³/mol. The van der Waals surface area contributed by atoms with Crippen LogP contribution < -0.4 is 16.0 Å². The van der Waals surface area contributed by atoms with E-state index >= 15 is 0 Å². The zero-order chi connectivity index (χ0) is 18.7. The molecule has 7 heteroatoms. The first kappa shape index (κ1) is 21.2. The van der Waals surface area contributed by atoms with Gasteiger partial charge in [-0.1, -0.05) is 43.1 Å². The number of hydrogen-bond acceptors (Lipinski definition) is 3. The first-order valence-electron chi connectivity index (χ1n) is 8.72. The lowest BCUT2D eigenvalue weighted by atomic mass is 10.1. The summed E-state index contributed by atoms with van der Waals surface area (Å²) in [5.74, 6) is -0.122. The molecule has 0 spiro atoms. The average Bonchev–Trinajstić information content (AvgIpc) is 2.92. The molecule has 1 atom stereocenters. The van der Waals surface area contributed by atoms with E-state index in [2.05, 4.69) is 5.32 Å². The van der Waals surface area contributed by atoms with Crippen molar-refractivity contribution in [2.24, 2.45) is 5.73 Å². The molecule has 3 N–H and O–H groups in total. The molecule has 2 aromatic carbocycles. The van der Waals surface area contributed by atoms with Crippen molar-refractivity contribution in [2.75, 3.05) is 10.2 Å². The minimum absolute atomic E-state index is 0. The quantitative estimate of drug-likeness (QED) is 0.761. The van der Waals surface area contributed by atoms with Crippen LogP contribution in [0.3, 0.4) is 0 Å². The highest BCUT2D eigenvalue weighted by atomic mass is 35.5. The highest BCUT2D eigenvalue weighted by Crippen LogP contribution is 2.32. The van der Waals surface area contributed by atoms with Gasteiger partial charge in [0.05, 0.1) is 19.0 Å². The molecule has 1 unspecified atom stereocenters. The van der Waals surface area contributed by atoms with Crippen molar-refractivity contribution >= 4 is 47.2 Å². The summed E-state index contributed by atoms with van der Waals surface area (Å²) in [4.78, 5) is 26.0. The molecule has 0 aliphatic carbocycles. The Balaban J connectivity index is 0.00000261. The van der Waals surface area contributed by atoms with Crippen LogP contribution in [0.5, 0.6) is 0 Å². The molecular formula is C20H23Cl2N3O2. The second-order valence-corrected chi connectivity index (χ2v) is 6.95. The van der Waals surface area contributed by atoms with E-state index in [4.69, 9.17) is 17.3 Å². The number of rotatable bonds is 6. The zero-order valence-corrected chi connectivity index (χ0v) is 16.6.